The van der Waals surface area contributed by atoms with Crippen LogP contribution in [0, 0.1) is 0 Å². The summed E-state index contributed by atoms with van der Waals surface area (Å²) in [6, 6.07) is 1.62. The topological polar surface area (TPSA) is 102 Å². The molecule has 0 radical (unpaired) electrons. The molecule has 0 aromatic carbocycles. The number of nitrogens with zero attached hydrogens (tertiary/aromatic N) is 5. The molecule has 42 heavy (non-hydrogen) atoms. The number of hydrogen-bond donors (Lipinski definition) is 2. The smallest absolute Gasteiger partial charge is 0.225 e. The fourth-order valence-electron chi connectivity index (χ4n) is 7.32. The molecule has 0 amide bonds. The summed E-state index contributed by atoms with van der Waals surface area (Å²) in [5.41, 5.74) is 8.94. The number of rotatable bonds is 5. The van der Waals surface area contributed by atoms with E-state index in [1.54, 1.807) is 12.7 Å². The second kappa shape index (κ2) is 12.3. The van der Waals surface area contributed by atoms with Gasteiger partial charge in [-0.25, -0.2) is 19.9 Å². The zero-order valence-electron chi connectivity index (χ0n) is 24.9. The molecule has 0 aliphatic heterocycles. The second-order valence-electron chi connectivity index (χ2n) is 12.7. The summed E-state index contributed by atoms with van der Waals surface area (Å²) in [5, 5.41) is 6.16. The van der Waals surface area contributed by atoms with Gasteiger partial charge in [-0.2, -0.15) is 0 Å². The number of aromatic nitrogens is 4. The van der Waals surface area contributed by atoms with Gasteiger partial charge < -0.3 is 20.7 Å². The van der Waals surface area contributed by atoms with Crippen molar-refractivity contribution in [2.75, 3.05) is 19.4 Å². The van der Waals surface area contributed by atoms with Gasteiger partial charge in [0.1, 0.15) is 34.2 Å². The zero-order valence-corrected chi connectivity index (χ0v) is 26.5. The lowest BCUT2D eigenvalue weighted by Crippen LogP contribution is -2.35. The van der Waals surface area contributed by atoms with E-state index >= 15 is 0 Å². The van der Waals surface area contributed by atoms with Gasteiger partial charge in [-0.15, -0.1) is 22.7 Å². The highest BCUT2D eigenvalue weighted by molar-refractivity contribution is 7.19. The third-order valence-corrected chi connectivity index (χ3v) is 12.1. The Bertz CT molecular complexity index is 1530. The highest BCUT2D eigenvalue weighted by Crippen LogP contribution is 2.41. The van der Waals surface area contributed by atoms with Crippen molar-refractivity contribution < 1.29 is 4.74 Å². The third-order valence-electron chi connectivity index (χ3n) is 9.73. The molecule has 4 aliphatic rings. The molecule has 3 N–H and O–H groups in total. The van der Waals surface area contributed by atoms with Crippen LogP contribution in [-0.2, 0) is 25.7 Å². The van der Waals surface area contributed by atoms with Crippen LogP contribution in [0.25, 0.3) is 20.4 Å². The van der Waals surface area contributed by atoms with Gasteiger partial charge in [0.05, 0.1) is 10.8 Å². The molecular formula is C32H43N7OS2. The molecule has 0 bridgehead atoms. The highest BCUT2D eigenvalue weighted by atomic mass is 32.1. The fourth-order valence-corrected chi connectivity index (χ4v) is 9.77. The lowest BCUT2D eigenvalue weighted by Gasteiger charge is -2.32. The van der Waals surface area contributed by atoms with E-state index in [1.807, 2.05) is 22.7 Å². The van der Waals surface area contributed by atoms with Crippen LogP contribution in [0.5, 0.6) is 5.88 Å². The second-order valence-corrected chi connectivity index (χ2v) is 14.9. The van der Waals surface area contributed by atoms with Gasteiger partial charge in [0.25, 0.3) is 0 Å². The normalized spacial score (nSPS) is 25.3. The van der Waals surface area contributed by atoms with Crippen LogP contribution < -0.4 is 15.8 Å². The van der Waals surface area contributed by atoms with E-state index in [0.29, 0.717) is 24.2 Å². The summed E-state index contributed by atoms with van der Waals surface area (Å²) in [6.07, 6.45) is 20.2. The van der Waals surface area contributed by atoms with Gasteiger partial charge in [0.2, 0.25) is 5.88 Å². The minimum atomic E-state index is 0.311. The maximum absolute atomic E-state index is 6.32. The van der Waals surface area contributed by atoms with Crippen LogP contribution in [0.1, 0.15) is 85.1 Å². The molecule has 2 saturated carbocycles. The van der Waals surface area contributed by atoms with Crippen LogP contribution in [0.2, 0.25) is 0 Å². The van der Waals surface area contributed by atoms with Gasteiger partial charge in [0.15, 0.2) is 0 Å². The van der Waals surface area contributed by atoms with Crippen LogP contribution in [0.3, 0.4) is 0 Å². The number of thiophene rings is 2. The summed E-state index contributed by atoms with van der Waals surface area (Å²) in [4.78, 5) is 25.5. The van der Waals surface area contributed by atoms with Crippen molar-refractivity contribution >= 4 is 48.9 Å². The summed E-state index contributed by atoms with van der Waals surface area (Å²) >= 11 is 3.68. The standard InChI is InChI=1S/C17H23N3OS.C15H20N4S/c1-20(2)11-6-8-12(9-7-11)21-16-15-13-4-3-5-14(13)22-17(15)19-10-18-16;16-9-4-6-10(7-5-9)19-14-13-11-2-1-3-12(11)20-15(13)18-8-17-14/h10-12H,3-9H2,1-2H3;8-10H,1-7,16H2,(H,17,18,19). The van der Waals surface area contributed by atoms with Gasteiger partial charge in [-0.1, -0.05) is 0 Å². The number of nitrogens with one attached hydrogen (secondary N) is 1. The molecule has 4 aromatic rings. The SMILES string of the molecule is CN(C)C1CCC(Oc2ncnc3sc4c(c23)CCC4)CC1.NC1CCC(Nc2ncnc3sc4c(c23)CCC4)CC1. The molecule has 8 nitrogen and oxygen atoms in total. The first-order valence-corrected chi connectivity index (χ1v) is 17.5. The molecule has 0 atom stereocenters. The molecule has 0 saturated heterocycles. The van der Waals surface area contributed by atoms with Crippen molar-refractivity contribution in [3.63, 3.8) is 0 Å². The summed E-state index contributed by atoms with van der Waals surface area (Å²) in [6.45, 7) is 0. The molecule has 10 heteroatoms. The van der Waals surface area contributed by atoms with E-state index in [-0.39, 0.29) is 0 Å². The molecule has 4 heterocycles. The Kier molecular flexibility index (Phi) is 8.31. The minimum Gasteiger partial charge on any atom is -0.474 e. The average Bonchev–Trinajstić information content (AvgIpc) is 3.77. The fraction of sp³-hybridized carbons (Fsp3) is 0.625. The molecule has 4 aliphatic carbocycles. The maximum atomic E-state index is 6.32. The van der Waals surface area contributed by atoms with Crippen molar-refractivity contribution in [3.05, 3.63) is 33.5 Å². The van der Waals surface area contributed by atoms with Crippen molar-refractivity contribution in [2.45, 2.75) is 114 Å². The Morgan fingerprint density at radius 3 is 2.05 bits per heavy atom. The zero-order chi connectivity index (χ0) is 28.6. The number of hydrogen-bond acceptors (Lipinski definition) is 10. The van der Waals surface area contributed by atoms with E-state index in [0.717, 1.165) is 66.3 Å². The van der Waals surface area contributed by atoms with E-state index in [9.17, 15) is 0 Å². The minimum absolute atomic E-state index is 0.311. The first-order chi connectivity index (χ1) is 20.5. The number of fused-ring (bicyclic) bond motifs is 6. The molecule has 4 aromatic heterocycles. The molecule has 224 valence electrons. The summed E-state index contributed by atoms with van der Waals surface area (Å²) in [5.74, 6) is 1.88. The Labute approximate surface area is 256 Å². The third kappa shape index (κ3) is 5.75. The van der Waals surface area contributed by atoms with Gasteiger partial charge in [-0.05, 0) is 115 Å². The van der Waals surface area contributed by atoms with Crippen LogP contribution >= 0.6 is 22.7 Å². The lowest BCUT2D eigenvalue weighted by molar-refractivity contribution is 0.108. The number of aryl methyl sites for hydroxylation is 4. The lowest BCUT2D eigenvalue weighted by atomic mass is 9.92. The van der Waals surface area contributed by atoms with Gasteiger partial charge in [0, 0.05) is 27.9 Å². The molecule has 0 spiro atoms. The predicted octanol–water partition coefficient (Wildman–Crippen LogP) is 6.29. The van der Waals surface area contributed by atoms with E-state index in [1.165, 1.54) is 76.6 Å². The average molecular weight is 606 g/mol. The monoisotopic (exact) mass is 605 g/mol. The quantitative estimate of drug-likeness (QED) is 0.274. The largest absolute Gasteiger partial charge is 0.474 e. The molecule has 8 rings (SSSR count). The summed E-state index contributed by atoms with van der Waals surface area (Å²) < 4.78 is 6.32. The Hall–Kier alpha value is -2.40. The van der Waals surface area contributed by atoms with E-state index in [2.05, 4.69) is 44.2 Å². The van der Waals surface area contributed by atoms with Crippen molar-refractivity contribution in [2.24, 2.45) is 5.73 Å². The number of ether oxygens (including phenoxy) is 1. The number of anilines is 1. The molecule has 0 unspecified atom stereocenters. The molecular weight excluding hydrogens is 563 g/mol. The van der Waals surface area contributed by atoms with E-state index < -0.39 is 0 Å². The van der Waals surface area contributed by atoms with Crippen LogP contribution in [0.4, 0.5) is 5.82 Å². The van der Waals surface area contributed by atoms with Gasteiger partial charge in [-0.3, -0.25) is 0 Å². The predicted molar refractivity (Wildman–Crippen MR) is 173 cm³/mol. The van der Waals surface area contributed by atoms with Crippen LogP contribution in [0.15, 0.2) is 12.7 Å². The van der Waals surface area contributed by atoms with Crippen molar-refractivity contribution in [1.29, 1.82) is 0 Å². The van der Waals surface area contributed by atoms with Crippen LogP contribution in [-0.4, -0.2) is 63.2 Å². The Morgan fingerprint density at radius 2 is 1.38 bits per heavy atom. The highest BCUT2D eigenvalue weighted by Gasteiger charge is 2.27. The number of nitrogens with two attached hydrogens (primary N) is 1. The Balaban J connectivity index is 0.000000138. The first-order valence-electron chi connectivity index (χ1n) is 15.9. The first kappa shape index (κ1) is 28.4. The van der Waals surface area contributed by atoms with E-state index in [4.69, 9.17) is 10.5 Å². The Morgan fingerprint density at radius 1 is 0.762 bits per heavy atom. The van der Waals surface area contributed by atoms with Crippen molar-refractivity contribution in [3.8, 4) is 5.88 Å². The van der Waals surface area contributed by atoms with Crippen molar-refractivity contribution in [1.82, 2.24) is 24.8 Å². The maximum Gasteiger partial charge on any atom is 0.225 e. The summed E-state index contributed by atoms with van der Waals surface area (Å²) in [7, 11) is 4.35. The van der Waals surface area contributed by atoms with Gasteiger partial charge >= 0.3 is 0 Å². The molecule has 2 fully saturated rings.